The highest BCUT2D eigenvalue weighted by Gasteiger charge is 2.20. The summed E-state index contributed by atoms with van der Waals surface area (Å²) in [7, 11) is 0. The fourth-order valence-corrected chi connectivity index (χ4v) is 2.78. The number of nitrogens with one attached hydrogen (secondary N) is 2. The summed E-state index contributed by atoms with van der Waals surface area (Å²) in [5, 5.41) is 18.9. The first kappa shape index (κ1) is 30.6. The van der Waals surface area contributed by atoms with Gasteiger partial charge in [0.25, 0.3) is 0 Å². The molecule has 2 aromatic rings. The van der Waals surface area contributed by atoms with Gasteiger partial charge in [-0.05, 0) is 60.9 Å². The molecule has 2 aromatic carbocycles. The SMILES string of the molecule is C/C(=C\C(=O)N[C@@H](CCC(N)=O)C(=O)O)c1ccc(C(=O)Oc2ccc(C(=N)N)cc2)cc1.CCCC. The monoisotopic (exact) mass is 510 g/mol. The number of hydrogen-bond acceptors (Lipinski definition) is 6. The van der Waals surface area contributed by atoms with Crippen molar-refractivity contribution in [2.45, 2.75) is 52.5 Å². The van der Waals surface area contributed by atoms with Gasteiger partial charge in [0, 0.05) is 18.1 Å². The Hall–Kier alpha value is -4.47. The average Bonchev–Trinajstić information content (AvgIpc) is 2.86. The van der Waals surface area contributed by atoms with Crippen LogP contribution in [0.2, 0.25) is 0 Å². The van der Waals surface area contributed by atoms with Crippen LogP contribution in [0, 0.1) is 5.41 Å². The van der Waals surface area contributed by atoms with Crippen LogP contribution in [0.4, 0.5) is 0 Å². The third kappa shape index (κ3) is 11.2. The number of nitrogen functional groups attached to an aromatic ring is 1. The number of rotatable bonds is 11. The number of ether oxygens (including phenoxy) is 1. The lowest BCUT2D eigenvalue weighted by Crippen LogP contribution is -2.40. The lowest BCUT2D eigenvalue weighted by Gasteiger charge is -2.12. The number of amidine groups is 1. The summed E-state index contributed by atoms with van der Waals surface area (Å²) in [4.78, 5) is 46.6. The summed E-state index contributed by atoms with van der Waals surface area (Å²) in [6.45, 7) is 6.02. The number of carboxylic acids is 1. The van der Waals surface area contributed by atoms with Crippen molar-refractivity contribution in [1.29, 1.82) is 5.41 Å². The molecule has 37 heavy (non-hydrogen) atoms. The molecule has 0 saturated heterocycles. The number of amides is 2. The normalized spacial score (nSPS) is 11.4. The zero-order valence-electron chi connectivity index (χ0n) is 21.2. The second-order valence-corrected chi connectivity index (χ2v) is 8.14. The number of carboxylic acid groups (broad SMARTS) is 1. The fourth-order valence-electron chi connectivity index (χ4n) is 2.78. The highest BCUT2D eigenvalue weighted by molar-refractivity contribution is 5.97. The maximum absolute atomic E-state index is 12.3. The minimum absolute atomic E-state index is 0.0929. The van der Waals surface area contributed by atoms with E-state index in [0.29, 0.717) is 22.4 Å². The number of esters is 1. The van der Waals surface area contributed by atoms with E-state index in [1.54, 1.807) is 31.2 Å². The summed E-state index contributed by atoms with van der Waals surface area (Å²) in [5.74, 6) is -2.95. The zero-order valence-corrected chi connectivity index (χ0v) is 21.2. The van der Waals surface area contributed by atoms with Crippen molar-refractivity contribution < 1.29 is 29.0 Å². The first-order valence-electron chi connectivity index (χ1n) is 11.7. The van der Waals surface area contributed by atoms with Crippen molar-refractivity contribution in [1.82, 2.24) is 5.32 Å². The molecule has 10 heteroatoms. The highest BCUT2D eigenvalue weighted by Crippen LogP contribution is 2.17. The molecule has 0 aliphatic carbocycles. The number of primary amides is 1. The summed E-state index contributed by atoms with van der Waals surface area (Å²) < 4.78 is 5.29. The van der Waals surface area contributed by atoms with Gasteiger partial charge in [0.05, 0.1) is 5.56 Å². The lowest BCUT2D eigenvalue weighted by atomic mass is 10.0. The van der Waals surface area contributed by atoms with Crippen molar-refractivity contribution in [2.24, 2.45) is 11.5 Å². The third-order valence-electron chi connectivity index (χ3n) is 5.09. The number of benzene rings is 2. The van der Waals surface area contributed by atoms with Crippen LogP contribution < -0.4 is 21.5 Å². The second-order valence-electron chi connectivity index (χ2n) is 8.14. The van der Waals surface area contributed by atoms with E-state index < -0.39 is 29.8 Å². The minimum atomic E-state index is -1.27. The molecule has 10 nitrogen and oxygen atoms in total. The fraction of sp³-hybridized carbons (Fsp3) is 0.296. The molecular weight excluding hydrogens is 476 g/mol. The summed E-state index contributed by atoms with van der Waals surface area (Å²) in [5.41, 5.74) is 12.4. The predicted octanol–water partition coefficient (Wildman–Crippen LogP) is 3.23. The Kier molecular flexibility index (Phi) is 12.8. The number of carbonyl (C=O) groups excluding carboxylic acids is 3. The molecule has 0 aliphatic rings. The Morgan fingerprint density at radius 3 is 1.92 bits per heavy atom. The van der Waals surface area contributed by atoms with Crippen molar-refractivity contribution in [2.75, 3.05) is 0 Å². The van der Waals surface area contributed by atoms with Crippen LogP contribution in [0.5, 0.6) is 5.75 Å². The van der Waals surface area contributed by atoms with Gasteiger partial charge < -0.3 is 26.6 Å². The quantitative estimate of drug-likeness (QED) is 0.101. The van der Waals surface area contributed by atoms with Gasteiger partial charge in [0.15, 0.2) is 0 Å². The average molecular weight is 511 g/mol. The van der Waals surface area contributed by atoms with Gasteiger partial charge in [0.2, 0.25) is 11.8 Å². The zero-order chi connectivity index (χ0) is 28.0. The number of allylic oxidation sites excluding steroid dienone is 1. The Balaban J connectivity index is 0.00000159. The molecule has 0 aromatic heterocycles. The van der Waals surface area contributed by atoms with E-state index in [-0.39, 0.29) is 24.2 Å². The van der Waals surface area contributed by atoms with Crippen LogP contribution in [0.1, 0.15) is 67.9 Å². The molecule has 0 bridgehead atoms. The predicted molar refractivity (Wildman–Crippen MR) is 141 cm³/mol. The summed E-state index contributed by atoms with van der Waals surface area (Å²) >= 11 is 0. The van der Waals surface area contributed by atoms with Crippen molar-refractivity contribution >= 4 is 35.2 Å². The first-order chi connectivity index (χ1) is 17.5. The molecule has 198 valence electrons. The van der Waals surface area contributed by atoms with E-state index in [0.717, 1.165) is 0 Å². The van der Waals surface area contributed by atoms with Crippen LogP contribution in [-0.2, 0) is 14.4 Å². The summed E-state index contributed by atoms with van der Waals surface area (Å²) in [6, 6.07) is 11.3. The van der Waals surface area contributed by atoms with Crippen LogP contribution in [0.3, 0.4) is 0 Å². The number of hydrogen-bond donors (Lipinski definition) is 5. The molecule has 7 N–H and O–H groups in total. The highest BCUT2D eigenvalue weighted by atomic mass is 16.5. The number of aliphatic carboxylic acids is 1. The number of carbonyl (C=O) groups is 4. The lowest BCUT2D eigenvalue weighted by molar-refractivity contribution is -0.141. The van der Waals surface area contributed by atoms with Crippen LogP contribution >= 0.6 is 0 Å². The molecule has 0 radical (unpaired) electrons. The van der Waals surface area contributed by atoms with Crippen LogP contribution in [-0.4, -0.2) is 40.7 Å². The smallest absolute Gasteiger partial charge is 0.343 e. The topological polar surface area (TPSA) is 186 Å². The van der Waals surface area contributed by atoms with Crippen molar-refractivity contribution in [3.8, 4) is 5.75 Å². The molecule has 0 spiro atoms. The van der Waals surface area contributed by atoms with E-state index in [2.05, 4.69) is 19.2 Å². The number of unbranched alkanes of at least 4 members (excludes halogenated alkanes) is 1. The van der Waals surface area contributed by atoms with Gasteiger partial charge in [-0.3, -0.25) is 15.0 Å². The van der Waals surface area contributed by atoms with Gasteiger partial charge in [-0.15, -0.1) is 0 Å². The Bertz CT molecular complexity index is 1120. The molecule has 1 atom stereocenters. The molecule has 0 aliphatic heterocycles. The van der Waals surface area contributed by atoms with E-state index in [4.69, 9.17) is 26.7 Å². The maximum Gasteiger partial charge on any atom is 0.343 e. The molecule has 0 unspecified atom stereocenters. The van der Waals surface area contributed by atoms with Gasteiger partial charge in [-0.1, -0.05) is 38.8 Å². The van der Waals surface area contributed by atoms with Gasteiger partial charge in [-0.2, -0.15) is 0 Å². The maximum atomic E-state index is 12.3. The number of nitrogens with two attached hydrogens (primary N) is 2. The third-order valence-corrected chi connectivity index (χ3v) is 5.09. The molecule has 0 saturated carbocycles. The van der Waals surface area contributed by atoms with Crippen molar-refractivity contribution in [3.63, 3.8) is 0 Å². The van der Waals surface area contributed by atoms with E-state index in [9.17, 15) is 19.2 Å². The van der Waals surface area contributed by atoms with E-state index in [1.165, 1.54) is 43.2 Å². The Labute approximate surface area is 216 Å². The van der Waals surface area contributed by atoms with Crippen LogP contribution in [0.15, 0.2) is 54.6 Å². The molecule has 0 fully saturated rings. The van der Waals surface area contributed by atoms with E-state index in [1.807, 2.05) is 0 Å². The van der Waals surface area contributed by atoms with Gasteiger partial charge in [-0.25, -0.2) is 9.59 Å². The standard InChI is InChI=1S/C23H24N4O6.C4H10/c1-13(12-20(29)27-18(22(30)31)10-11-19(24)28)14-2-4-16(5-3-14)23(32)33-17-8-6-15(7-9-17)21(25)26;1-3-4-2/h2-9,12,18H,10-11H2,1H3,(H2,24,28)(H3,25,26)(H,27,29)(H,30,31);3-4H2,1-2H3/b13-12+;/t18-;/m0./s1. The Morgan fingerprint density at radius 1 is 0.946 bits per heavy atom. The Morgan fingerprint density at radius 2 is 1.46 bits per heavy atom. The molecule has 0 heterocycles. The minimum Gasteiger partial charge on any atom is -0.480 e. The second kappa shape index (κ2) is 15.5. The largest absolute Gasteiger partial charge is 0.480 e. The molecule has 2 amide bonds. The van der Waals surface area contributed by atoms with E-state index >= 15 is 0 Å². The van der Waals surface area contributed by atoms with Gasteiger partial charge >= 0.3 is 11.9 Å². The molecular formula is C27H34N4O6. The van der Waals surface area contributed by atoms with Crippen LogP contribution in [0.25, 0.3) is 5.57 Å². The van der Waals surface area contributed by atoms with Crippen molar-refractivity contribution in [3.05, 3.63) is 71.3 Å². The first-order valence-corrected chi connectivity index (χ1v) is 11.7. The summed E-state index contributed by atoms with van der Waals surface area (Å²) in [6.07, 6.45) is 3.58. The van der Waals surface area contributed by atoms with Gasteiger partial charge in [0.1, 0.15) is 17.6 Å². The molecule has 2 rings (SSSR count).